The highest BCUT2D eigenvalue weighted by atomic mass is 16.5. The van der Waals surface area contributed by atoms with E-state index in [0.717, 1.165) is 23.8 Å². The van der Waals surface area contributed by atoms with E-state index < -0.39 is 0 Å². The lowest BCUT2D eigenvalue weighted by atomic mass is 10.3. The van der Waals surface area contributed by atoms with Crippen LogP contribution in [0.3, 0.4) is 0 Å². The Morgan fingerprint density at radius 2 is 2.10 bits per heavy atom. The average molecular weight is 273 g/mol. The van der Waals surface area contributed by atoms with Crippen LogP contribution in [0.4, 0.5) is 11.6 Å². The molecule has 2 aromatic rings. The number of hydrogen-bond donors (Lipinski definition) is 1. The predicted octanol–water partition coefficient (Wildman–Crippen LogP) is 4.38. The molecule has 1 aromatic carbocycles. The Morgan fingerprint density at radius 1 is 1.30 bits per heavy atom. The monoisotopic (exact) mass is 273 g/mol. The molecular formula is C16H23N3O. The van der Waals surface area contributed by atoms with E-state index in [0.29, 0.717) is 6.04 Å². The molecule has 0 spiro atoms. The molecule has 20 heavy (non-hydrogen) atoms. The average Bonchev–Trinajstić information content (AvgIpc) is 2.87. The van der Waals surface area contributed by atoms with Gasteiger partial charge < -0.3 is 14.6 Å². The fourth-order valence-electron chi connectivity index (χ4n) is 1.92. The summed E-state index contributed by atoms with van der Waals surface area (Å²) >= 11 is 0. The molecule has 1 atom stereocenters. The van der Waals surface area contributed by atoms with Gasteiger partial charge in [-0.15, -0.1) is 0 Å². The number of benzene rings is 1. The first-order valence-corrected chi connectivity index (χ1v) is 7.16. The molecule has 0 aliphatic carbocycles. The van der Waals surface area contributed by atoms with Gasteiger partial charge in [0.25, 0.3) is 0 Å². The van der Waals surface area contributed by atoms with Crippen LogP contribution in [0.1, 0.15) is 40.2 Å². The predicted molar refractivity (Wildman–Crippen MR) is 82.7 cm³/mol. The van der Waals surface area contributed by atoms with Crippen molar-refractivity contribution in [3.8, 4) is 5.75 Å². The Hall–Kier alpha value is -1.97. The van der Waals surface area contributed by atoms with Crippen LogP contribution in [0.25, 0.3) is 0 Å². The number of nitrogens with one attached hydrogen (secondary N) is 1. The molecule has 0 saturated heterocycles. The molecule has 0 fully saturated rings. The molecule has 0 saturated carbocycles. The van der Waals surface area contributed by atoms with Crippen LogP contribution >= 0.6 is 0 Å². The van der Waals surface area contributed by atoms with Gasteiger partial charge >= 0.3 is 0 Å². The smallest absolute Gasteiger partial charge is 0.207 e. The number of anilines is 2. The van der Waals surface area contributed by atoms with Gasteiger partial charge in [0.2, 0.25) is 5.95 Å². The maximum atomic E-state index is 5.83. The van der Waals surface area contributed by atoms with Crippen molar-refractivity contribution in [1.29, 1.82) is 0 Å². The highest BCUT2D eigenvalue weighted by molar-refractivity contribution is 5.56. The zero-order valence-corrected chi connectivity index (χ0v) is 12.6. The third-order valence-corrected chi connectivity index (χ3v) is 3.23. The number of rotatable bonds is 6. The molecule has 1 aromatic heterocycles. The minimum atomic E-state index is 0.225. The standard InChI is InChI=1S/C16H23N3O/c1-5-13(4)20-15-8-6-7-14(11-15)18-16-17-9-10-19(16)12(2)3/h6-13H,5H2,1-4H3,(H,17,18). The van der Waals surface area contributed by atoms with Gasteiger partial charge in [0.05, 0.1) is 6.10 Å². The SMILES string of the molecule is CCC(C)Oc1cccc(Nc2nccn2C(C)C)c1. The molecule has 108 valence electrons. The molecule has 4 nitrogen and oxygen atoms in total. The summed E-state index contributed by atoms with van der Waals surface area (Å²) in [6.45, 7) is 8.46. The summed E-state index contributed by atoms with van der Waals surface area (Å²) in [5.74, 6) is 1.73. The summed E-state index contributed by atoms with van der Waals surface area (Å²) in [5.41, 5.74) is 0.985. The van der Waals surface area contributed by atoms with Crippen LogP contribution in [-0.4, -0.2) is 15.7 Å². The molecule has 4 heteroatoms. The molecule has 1 unspecified atom stereocenters. The second kappa shape index (κ2) is 6.46. The zero-order chi connectivity index (χ0) is 14.5. The summed E-state index contributed by atoms with van der Waals surface area (Å²) in [6, 6.07) is 8.36. The van der Waals surface area contributed by atoms with Crippen LogP contribution in [0.2, 0.25) is 0 Å². The summed E-state index contributed by atoms with van der Waals surface area (Å²) in [6.07, 6.45) is 5.01. The zero-order valence-electron chi connectivity index (χ0n) is 12.6. The van der Waals surface area contributed by atoms with E-state index in [1.54, 1.807) is 0 Å². The van der Waals surface area contributed by atoms with E-state index in [9.17, 15) is 0 Å². The van der Waals surface area contributed by atoms with Crippen LogP contribution < -0.4 is 10.1 Å². The minimum absolute atomic E-state index is 0.225. The quantitative estimate of drug-likeness (QED) is 0.848. The molecule has 2 rings (SSSR count). The first-order valence-electron chi connectivity index (χ1n) is 7.16. The van der Waals surface area contributed by atoms with Gasteiger partial charge in [0.15, 0.2) is 0 Å². The van der Waals surface area contributed by atoms with Crippen molar-refractivity contribution in [3.05, 3.63) is 36.7 Å². The van der Waals surface area contributed by atoms with Crippen molar-refractivity contribution in [2.24, 2.45) is 0 Å². The van der Waals surface area contributed by atoms with Crippen molar-refractivity contribution >= 4 is 11.6 Å². The van der Waals surface area contributed by atoms with Crippen LogP contribution in [0.5, 0.6) is 5.75 Å². The van der Waals surface area contributed by atoms with Crippen molar-refractivity contribution in [3.63, 3.8) is 0 Å². The number of aromatic nitrogens is 2. The van der Waals surface area contributed by atoms with Gasteiger partial charge in [0, 0.05) is 30.2 Å². The van der Waals surface area contributed by atoms with Gasteiger partial charge in [-0.3, -0.25) is 0 Å². The summed E-state index contributed by atoms with van der Waals surface area (Å²) < 4.78 is 7.93. The highest BCUT2D eigenvalue weighted by Gasteiger charge is 2.07. The number of nitrogens with zero attached hydrogens (tertiary/aromatic N) is 2. The van der Waals surface area contributed by atoms with Gasteiger partial charge in [-0.2, -0.15) is 0 Å². The molecular weight excluding hydrogens is 250 g/mol. The van der Waals surface area contributed by atoms with Crippen LogP contribution in [-0.2, 0) is 0 Å². The second-order valence-electron chi connectivity index (χ2n) is 5.24. The summed E-state index contributed by atoms with van der Waals surface area (Å²) in [7, 11) is 0. The molecule has 0 amide bonds. The van der Waals surface area contributed by atoms with Gasteiger partial charge in [-0.05, 0) is 39.3 Å². The van der Waals surface area contributed by atoms with Gasteiger partial charge in [-0.25, -0.2) is 4.98 Å². The molecule has 0 bridgehead atoms. The Balaban J connectivity index is 2.13. The first-order chi connectivity index (χ1) is 9.60. The van der Waals surface area contributed by atoms with Crippen LogP contribution in [0.15, 0.2) is 36.7 Å². The van der Waals surface area contributed by atoms with Gasteiger partial charge in [0.1, 0.15) is 5.75 Å². The topological polar surface area (TPSA) is 39.1 Å². The molecule has 0 aliphatic rings. The lowest BCUT2D eigenvalue weighted by molar-refractivity contribution is 0.217. The molecule has 1 N–H and O–H groups in total. The Labute approximate surface area is 120 Å². The Bertz CT molecular complexity index is 548. The van der Waals surface area contributed by atoms with E-state index in [4.69, 9.17) is 4.74 Å². The minimum Gasteiger partial charge on any atom is -0.491 e. The fraction of sp³-hybridized carbons (Fsp3) is 0.438. The van der Waals surface area contributed by atoms with E-state index in [1.165, 1.54) is 0 Å². The lowest BCUT2D eigenvalue weighted by Gasteiger charge is -2.15. The number of imidazole rings is 1. The van der Waals surface area contributed by atoms with Gasteiger partial charge in [-0.1, -0.05) is 13.0 Å². The highest BCUT2D eigenvalue weighted by Crippen LogP contribution is 2.23. The fourth-order valence-corrected chi connectivity index (χ4v) is 1.92. The Morgan fingerprint density at radius 3 is 2.80 bits per heavy atom. The van der Waals surface area contributed by atoms with Crippen LogP contribution in [0, 0.1) is 0 Å². The Kier molecular flexibility index (Phi) is 4.66. The molecule has 0 radical (unpaired) electrons. The van der Waals surface area contributed by atoms with Crippen molar-refractivity contribution < 1.29 is 4.74 Å². The number of hydrogen-bond acceptors (Lipinski definition) is 3. The van der Waals surface area contributed by atoms with Crippen molar-refractivity contribution in [2.75, 3.05) is 5.32 Å². The lowest BCUT2D eigenvalue weighted by Crippen LogP contribution is -2.10. The first kappa shape index (κ1) is 14.4. The maximum absolute atomic E-state index is 5.83. The third-order valence-electron chi connectivity index (χ3n) is 3.23. The summed E-state index contributed by atoms with van der Waals surface area (Å²) in [4.78, 5) is 4.35. The summed E-state index contributed by atoms with van der Waals surface area (Å²) in [5, 5.41) is 3.34. The number of ether oxygens (including phenoxy) is 1. The second-order valence-corrected chi connectivity index (χ2v) is 5.24. The van der Waals surface area contributed by atoms with E-state index in [-0.39, 0.29) is 6.10 Å². The van der Waals surface area contributed by atoms with Crippen molar-refractivity contribution in [1.82, 2.24) is 9.55 Å². The maximum Gasteiger partial charge on any atom is 0.207 e. The molecule has 1 heterocycles. The van der Waals surface area contributed by atoms with E-state index >= 15 is 0 Å². The van der Waals surface area contributed by atoms with E-state index in [2.05, 4.69) is 42.6 Å². The normalized spacial score (nSPS) is 12.4. The largest absolute Gasteiger partial charge is 0.491 e. The third kappa shape index (κ3) is 3.53. The van der Waals surface area contributed by atoms with E-state index in [1.807, 2.05) is 36.7 Å². The van der Waals surface area contributed by atoms with Crippen molar-refractivity contribution in [2.45, 2.75) is 46.3 Å². The molecule has 0 aliphatic heterocycles.